The highest BCUT2D eigenvalue weighted by Crippen LogP contribution is 2.31. The lowest BCUT2D eigenvalue weighted by Gasteiger charge is -2.04. The summed E-state index contributed by atoms with van der Waals surface area (Å²) >= 11 is 1.48. The van der Waals surface area contributed by atoms with E-state index in [4.69, 9.17) is 0 Å². The fourth-order valence-corrected chi connectivity index (χ4v) is 3.27. The molecule has 4 heteroatoms. The Labute approximate surface area is 120 Å². The molecule has 0 saturated carbocycles. The van der Waals surface area contributed by atoms with Crippen LogP contribution in [0.25, 0.3) is 10.1 Å². The maximum atomic E-state index is 12.3. The molecule has 3 aromatic rings. The molecule has 0 spiro atoms. The van der Waals surface area contributed by atoms with E-state index in [1.54, 1.807) is 18.2 Å². The molecule has 0 radical (unpaired) electrons. The normalized spacial score (nSPS) is 10.7. The molecule has 0 atom stereocenters. The van der Waals surface area contributed by atoms with Crippen LogP contribution >= 0.6 is 11.3 Å². The molecular weight excluding hydrogens is 270 g/mol. The van der Waals surface area contributed by atoms with Crippen LogP contribution in [-0.2, 0) is 0 Å². The Morgan fingerprint density at radius 3 is 2.70 bits per heavy atom. The Morgan fingerprint density at radius 1 is 1.15 bits per heavy atom. The van der Waals surface area contributed by atoms with Crippen LogP contribution in [0.3, 0.4) is 0 Å². The molecule has 1 amide bonds. The lowest BCUT2D eigenvalue weighted by atomic mass is 10.1. The second kappa shape index (κ2) is 4.98. The van der Waals surface area contributed by atoms with Gasteiger partial charge in [0.15, 0.2) is 0 Å². The topological polar surface area (TPSA) is 49.3 Å². The van der Waals surface area contributed by atoms with E-state index in [1.165, 1.54) is 17.4 Å². The maximum Gasteiger partial charge on any atom is 0.266 e. The lowest BCUT2D eigenvalue weighted by molar-refractivity contribution is 0.103. The number of fused-ring (bicyclic) bond motifs is 1. The maximum absolute atomic E-state index is 12.3. The van der Waals surface area contributed by atoms with Crippen molar-refractivity contribution in [2.45, 2.75) is 6.92 Å². The number of carbonyl (C=O) groups is 1. The van der Waals surface area contributed by atoms with Crippen LogP contribution in [0.5, 0.6) is 5.75 Å². The van der Waals surface area contributed by atoms with E-state index >= 15 is 0 Å². The van der Waals surface area contributed by atoms with Gasteiger partial charge in [0.25, 0.3) is 5.91 Å². The van der Waals surface area contributed by atoms with E-state index in [0.717, 1.165) is 15.6 Å². The third kappa shape index (κ3) is 2.26. The number of hydrogen-bond acceptors (Lipinski definition) is 3. The summed E-state index contributed by atoms with van der Waals surface area (Å²) < 4.78 is 1.10. The van der Waals surface area contributed by atoms with Gasteiger partial charge in [-0.25, -0.2) is 0 Å². The van der Waals surface area contributed by atoms with Crippen LogP contribution in [0.2, 0.25) is 0 Å². The average Bonchev–Trinajstić information content (AvgIpc) is 2.77. The van der Waals surface area contributed by atoms with Crippen LogP contribution in [0.4, 0.5) is 5.69 Å². The standard InChI is InChI=1S/C16H13NO2S/c1-10-13-7-2-3-8-14(13)20-15(10)16(19)17-11-5-4-6-12(18)9-11/h2-9,18H,1H3,(H,17,19). The Balaban J connectivity index is 1.95. The smallest absolute Gasteiger partial charge is 0.266 e. The van der Waals surface area contributed by atoms with E-state index in [1.807, 2.05) is 31.2 Å². The molecule has 3 rings (SSSR count). The zero-order valence-corrected chi connectivity index (χ0v) is 11.7. The van der Waals surface area contributed by atoms with Crippen molar-refractivity contribution in [3.05, 3.63) is 59.0 Å². The van der Waals surface area contributed by atoms with Gasteiger partial charge < -0.3 is 10.4 Å². The highest BCUT2D eigenvalue weighted by atomic mass is 32.1. The lowest BCUT2D eigenvalue weighted by Crippen LogP contribution is -2.11. The van der Waals surface area contributed by atoms with Crippen LogP contribution in [0.1, 0.15) is 15.2 Å². The molecule has 0 bridgehead atoms. The number of amides is 1. The largest absolute Gasteiger partial charge is 0.508 e. The second-order valence-corrected chi connectivity index (χ2v) is 5.61. The van der Waals surface area contributed by atoms with Gasteiger partial charge in [0.05, 0.1) is 4.88 Å². The number of thiophene rings is 1. The zero-order chi connectivity index (χ0) is 14.1. The van der Waals surface area contributed by atoms with Gasteiger partial charge in [-0.3, -0.25) is 4.79 Å². The van der Waals surface area contributed by atoms with Crippen molar-refractivity contribution in [2.24, 2.45) is 0 Å². The van der Waals surface area contributed by atoms with Gasteiger partial charge in [0.2, 0.25) is 0 Å². The van der Waals surface area contributed by atoms with Crippen molar-refractivity contribution < 1.29 is 9.90 Å². The second-order valence-electron chi connectivity index (χ2n) is 4.56. The number of nitrogens with one attached hydrogen (secondary N) is 1. The van der Waals surface area contributed by atoms with Crippen LogP contribution in [-0.4, -0.2) is 11.0 Å². The number of aryl methyl sites for hydroxylation is 1. The summed E-state index contributed by atoms with van der Waals surface area (Å²) in [5.74, 6) is -0.00911. The van der Waals surface area contributed by atoms with Crippen LogP contribution in [0.15, 0.2) is 48.5 Å². The molecule has 2 N–H and O–H groups in total. The third-order valence-electron chi connectivity index (χ3n) is 3.15. The Hall–Kier alpha value is -2.33. The molecule has 0 fully saturated rings. The predicted molar refractivity (Wildman–Crippen MR) is 82.6 cm³/mol. The molecule has 0 unspecified atom stereocenters. The quantitative estimate of drug-likeness (QED) is 0.741. The van der Waals surface area contributed by atoms with E-state index in [-0.39, 0.29) is 11.7 Å². The minimum Gasteiger partial charge on any atom is -0.508 e. The minimum atomic E-state index is -0.144. The van der Waals surface area contributed by atoms with E-state index in [9.17, 15) is 9.90 Å². The Bertz CT molecular complexity index is 792. The summed E-state index contributed by atoms with van der Waals surface area (Å²) in [5.41, 5.74) is 1.58. The van der Waals surface area contributed by atoms with Gasteiger partial charge >= 0.3 is 0 Å². The number of hydrogen-bond donors (Lipinski definition) is 2. The van der Waals surface area contributed by atoms with Crippen LogP contribution < -0.4 is 5.32 Å². The Kier molecular flexibility index (Phi) is 3.16. The van der Waals surface area contributed by atoms with Crippen molar-refractivity contribution in [2.75, 3.05) is 5.32 Å². The van der Waals surface area contributed by atoms with Crippen molar-refractivity contribution >= 4 is 33.0 Å². The van der Waals surface area contributed by atoms with Crippen molar-refractivity contribution in [3.8, 4) is 5.75 Å². The number of benzene rings is 2. The molecule has 20 heavy (non-hydrogen) atoms. The van der Waals surface area contributed by atoms with Crippen molar-refractivity contribution in [3.63, 3.8) is 0 Å². The molecule has 1 aromatic heterocycles. The van der Waals surface area contributed by atoms with E-state index in [2.05, 4.69) is 5.32 Å². The van der Waals surface area contributed by atoms with Gasteiger partial charge in [-0.15, -0.1) is 11.3 Å². The molecule has 0 saturated heterocycles. The molecule has 0 aliphatic rings. The van der Waals surface area contributed by atoms with Gasteiger partial charge in [0, 0.05) is 16.5 Å². The predicted octanol–water partition coefficient (Wildman–Crippen LogP) is 4.17. The van der Waals surface area contributed by atoms with Crippen molar-refractivity contribution in [1.29, 1.82) is 0 Å². The summed E-state index contributed by atoms with van der Waals surface area (Å²) in [7, 11) is 0. The van der Waals surface area contributed by atoms with Crippen molar-refractivity contribution in [1.82, 2.24) is 0 Å². The molecule has 2 aromatic carbocycles. The molecular formula is C16H13NO2S. The average molecular weight is 283 g/mol. The summed E-state index contributed by atoms with van der Waals surface area (Å²) in [6, 6.07) is 14.5. The minimum absolute atomic E-state index is 0.135. The highest BCUT2D eigenvalue weighted by molar-refractivity contribution is 7.21. The zero-order valence-electron chi connectivity index (χ0n) is 10.9. The number of phenols is 1. The number of carbonyl (C=O) groups excluding carboxylic acids is 1. The number of phenolic OH excluding ortho intramolecular Hbond substituents is 1. The summed E-state index contributed by atoms with van der Waals surface area (Å²) in [6.07, 6.45) is 0. The number of anilines is 1. The van der Waals surface area contributed by atoms with Gasteiger partial charge in [-0.2, -0.15) is 0 Å². The van der Waals surface area contributed by atoms with Gasteiger partial charge in [-0.05, 0) is 36.1 Å². The highest BCUT2D eigenvalue weighted by Gasteiger charge is 2.15. The first-order valence-corrected chi connectivity index (χ1v) is 7.05. The first-order chi connectivity index (χ1) is 9.65. The molecule has 0 aliphatic carbocycles. The number of rotatable bonds is 2. The summed E-state index contributed by atoms with van der Waals surface area (Å²) in [6.45, 7) is 1.95. The third-order valence-corrected chi connectivity index (χ3v) is 4.43. The molecule has 100 valence electrons. The molecule has 1 heterocycles. The molecule has 0 aliphatic heterocycles. The first-order valence-electron chi connectivity index (χ1n) is 6.23. The Morgan fingerprint density at radius 2 is 1.95 bits per heavy atom. The number of aromatic hydroxyl groups is 1. The summed E-state index contributed by atoms with van der Waals surface area (Å²) in [4.78, 5) is 13.0. The van der Waals surface area contributed by atoms with Crippen LogP contribution in [0, 0.1) is 6.92 Å². The first kappa shape index (κ1) is 12.7. The molecule has 3 nitrogen and oxygen atoms in total. The van der Waals surface area contributed by atoms with E-state index in [0.29, 0.717) is 10.6 Å². The summed E-state index contributed by atoms with van der Waals surface area (Å²) in [5, 5.41) is 13.3. The van der Waals surface area contributed by atoms with Gasteiger partial charge in [-0.1, -0.05) is 24.3 Å². The monoisotopic (exact) mass is 283 g/mol. The fourth-order valence-electron chi connectivity index (χ4n) is 2.16. The van der Waals surface area contributed by atoms with E-state index < -0.39 is 0 Å². The fraction of sp³-hybridized carbons (Fsp3) is 0.0625. The van der Waals surface area contributed by atoms with Gasteiger partial charge in [0.1, 0.15) is 5.75 Å². The SMILES string of the molecule is Cc1c(C(=O)Nc2cccc(O)c2)sc2ccccc12.